The van der Waals surface area contributed by atoms with E-state index in [0.29, 0.717) is 0 Å². The van der Waals surface area contributed by atoms with Crippen molar-refractivity contribution in [3.05, 3.63) is 13.8 Å². The Bertz CT molecular complexity index is 59.7. The Labute approximate surface area is 80.0 Å². The Balaban J connectivity index is 0. The summed E-state index contributed by atoms with van der Waals surface area (Å²) in [7, 11) is 0. The Morgan fingerprint density at radius 2 is 1.70 bits per heavy atom. The minimum absolute atomic E-state index is 0. The summed E-state index contributed by atoms with van der Waals surface area (Å²) in [5.74, 6) is 1.58. The SMILES string of the molecule is [CH2-]CCC(C[CH2-])C(C)C.[W+2]. The molecule has 60 valence electrons. The number of rotatable bonds is 4. The molecule has 0 aliphatic carbocycles. The summed E-state index contributed by atoms with van der Waals surface area (Å²) in [6.07, 6.45) is 3.35. The second-order valence-electron chi connectivity index (χ2n) is 2.94. The van der Waals surface area contributed by atoms with Gasteiger partial charge in [0.05, 0.1) is 0 Å². The first-order valence-electron chi connectivity index (χ1n) is 3.80. The van der Waals surface area contributed by atoms with Gasteiger partial charge in [-0.15, -0.1) is 0 Å². The van der Waals surface area contributed by atoms with E-state index in [1.165, 1.54) is 6.42 Å². The van der Waals surface area contributed by atoms with Gasteiger partial charge in [0.1, 0.15) is 0 Å². The van der Waals surface area contributed by atoms with Crippen molar-refractivity contribution in [1.29, 1.82) is 0 Å². The molecular weight excluding hydrogens is 292 g/mol. The van der Waals surface area contributed by atoms with Gasteiger partial charge in [-0.05, 0) is 5.92 Å². The first kappa shape index (κ1) is 13.3. The Morgan fingerprint density at radius 1 is 1.20 bits per heavy atom. The minimum Gasteiger partial charge on any atom is -0.343 e. The summed E-state index contributed by atoms with van der Waals surface area (Å²) < 4.78 is 0. The molecule has 0 rings (SSSR count). The Hall–Kier alpha value is 0.688. The topological polar surface area (TPSA) is 0 Å². The van der Waals surface area contributed by atoms with E-state index in [4.69, 9.17) is 0 Å². The third kappa shape index (κ3) is 5.47. The molecule has 0 N–H and O–H groups in total. The van der Waals surface area contributed by atoms with Crippen LogP contribution in [0.4, 0.5) is 0 Å². The smallest absolute Gasteiger partial charge is 0.343 e. The van der Waals surface area contributed by atoms with Crippen LogP contribution >= 0.6 is 0 Å². The first-order chi connectivity index (χ1) is 4.22. The van der Waals surface area contributed by atoms with Gasteiger partial charge in [0, 0.05) is 0 Å². The fraction of sp³-hybridized carbons (Fsp3) is 0.778. The molecule has 0 aromatic heterocycles. The monoisotopic (exact) mass is 310 g/mol. The van der Waals surface area contributed by atoms with Gasteiger partial charge in [-0.1, -0.05) is 26.2 Å². The quantitative estimate of drug-likeness (QED) is 0.700. The van der Waals surface area contributed by atoms with Crippen molar-refractivity contribution in [1.82, 2.24) is 0 Å². The summed E-state index contributed by atoms with van der Waals surface area (Å²) in [6.45, 7) is 12.2. The summed E-state index contributed by atoms with van der Waals surface area (Å²) in [5, 5.41) is 0. The van der Waals surface area contributed by atoms with Crippen LogP contribution in [0.5, 0.6) is 0 Å². The molecule has 0 aliphatic heterocycles. The molecular formula is C9H18W. The van der Waals surface area contributed by atoms with Crippen LogP contribution in [0.3, 0.4) is 0 Å². The van der Waals surface area contributed by atoms with Crippen molar-refractivity contribution in [2.75, 3.05) is 0 Å². The first-order valence-corrected chi connectivity index (χ1v) is 3.80. The normalized spacial score (nSPS) is 12.9. The summed E-state index contributed by atoms with van der Waals surface area (Å²) in [6, 6.07) is 0. The summed E-state index contributed by atoms with van der Waals surface area (Å²) >= 11 is 0. The standard InChI is InChI=1S/C9H18.W/c1-5-7-9(6-2)8(3)4;/h8-9H,1-2,5-7H2,3-4H3;/q-2;+2. The summed E-state index contributed by atoms with van der Waals surface area (Å²) in [5.41, 5.74) is 0. The van der Waals surface area contributed by atoms with E-state index in [0.717, 1.165) is 24.7 Å². The molecule has 1 heteroatoms. The van der Waals surface area contributed by atoms with Crippen LogP contribution in [-0.4, -0.2) is 0 Å². The van der Waals surface area contributed by atoms with Crippen molar-refractivity contribution in [3.63, 3.8) is 0 Å². The van der Waals surface area contributed by atoms with Crippen molar-refractivity contribution >= 4 is 0 Å². The van der Waals surface area contributed by atoms with Gasteiger partial charge in [-0.3, -0.25) is 0 Å². The zero-order valence-corrected chi connectivity index (χ0v) is 10.0. The van der Waals surface area contributed by atoms with Crippen molar-refractivity contribution in [3.8, 4) is 0 Å². The molecule has 0 saturated heterocycles. The van der Waals surface area contributed by atoms with E-state index in [1.807, 2.05) is 0 Å². The molecule has 0 fully saturated rings. The molecule has 1 atom stereocenters. The average Bonchev–Trinajstić information content (AvgIpc) is 1.82. The molecule has 0 aromatic rings. The Kier molecular flexibility index (Phi) is 10.4. The van der Waals surface area contributed by atoms with Gasteiger partial charge in [0.2, 0.25) is 0 Å². The zero-order valence-electron chi connectivity index (χ0n) is 7.10. The van der Waals surface area contributed by atoms with Crippen LogP contribution < -0.4 is 0 Å². The van der Waals surface area contributed by atoms with Gasteiger partial charge < -0.3 is 13.8 Å². The molecule has 0 radical (unpaired) electrons. The van der Waals surface area contributed by atoms with E-state index in [9.17, 15) is 0 Å². The van der Waals surface area contributed by atoms with Gasteiger partial charge in [-0.2, -0.15) is 12.8 Å². The molecule has 0 bridgehead atoms. The van der Waals surface area contributed by atoms with Gasteiger partial charge in [-0.25, -0.2) is 0 Å². The van der Waals surface area contributed by atoms with Crippen LogP contribution in [0.25, 0.3) is 0 Å². The van der Waals surface area contributed by atoms with Crippen molar-refractivity contribution in [2.45, 2.75) is 33.1 Å². The Morgan fingerprint density at radius 3 is 1.80 bits per heavy atom. The average molecular weight is 310 g/mol. The molecule has 0 heterocycles. The fourth-order valence-corrected chi connectivity index (χ4v) is 1.07. The largest absolute Gasteiger partial charge is 2.00 e. The number of hydrogen-bond acceptors (Lipinski definition) is 0. The third-order valence-corrected chi connectivity index (χ3v) is 1.89. The van der Waals surface area contributed by atoms with Gasteiger partial charge in [0.15, 0.2) is 0 Å². The predicted octanol–water partition coefficient (Wildman–Crippen LogP) is 3.09. The maximum atomic E-state index is 3.90. The van der Waals surface area contributed by atoms with E-state index in [1.54, 1.807) is 0 Å². The molecule has 0 saturated carbocycles. The third-order valence-electron chi connectivity index (χ3n) is 1.89. The molecule has 1 unspecified atom stereocenters. The number of hydrogen-bond donors (Lipinski definition) is 0. The summed E-state index contributed by atoms with van der Waals surface area (Å²) in [4.78, 5) is 0. The van der Waals surface area contributed by atoms with E-state index in [-0.39, 0.29) is 21.1 Å². The van der Waals surface area contributed by atoms with Crippen LogP contribution in [0.2, 0.25) is 0 Å². The fourth-order valence-electron chi connectivity index (χ4n) is 1.07. The predicted molar refractivity (Wildman–Crippen MR) is 42.9 cm³/mol. The van der Waals surface area contributed by atoms with E-state index < -0.39 is 0 Å². The molecule has 0 amide bonds. The van der Waals surface area contributed by atoms with Crippen molar-refractivity contribution in [2.24, 2.45) is 11.8 Å². The van der Waals surface area contributed by atoms with Crippen LogP contribution in [0, 0.1) is 25.7 Å². The second-order valence-corrected chi connectivity index (χ2v) is 2.94. The van der Waals surface area contributed by atoms with E-state index in [2.05, 4.69) is 27.7 Å². The van der Waals surface area contributed by atoms with Crippen LogP contribution in [-0.2, 0) is 21.1 Å². The molecule has 0 spiro atoms. The maximum Gasteiger partial charge on any atom is 2.00 e. The van der Waals surface area contributed by atoms with Crippen molar-refractivity contribution < 1.29 is 21.1 Å². The molecule has 0 nitrogen and oxygen atoms in total. The van der Waals surface area contributed by atoms with Crippen LogP contribution in [0.15, 0.2) is 0 Å². The molecule has 10 heavy (non-hydrogen) atoms. The van der Waals surface area contributed by atoms with Gasteiger partial charge >= 0.3 is 21.1 Å². The minimum atomic E-state index is 0. The maximum absolute atomic E-state index is 3.90. The van der Waals surface area contributed by atoms with Crippen LogP contribution in [0.1, 0.15) is 33.1 Å². The zero-order chi connectivity index (χ0) is 7.28. The molecule has 0 aliphatic rings. The van der Waals surface area contributed by atoms with E-state index >= 15 is 0 Å². The second kappa shape index (κ2) is 7.79. The van der Waals surface area contributed by atoms with Gasteiger partial charge in [0.25, 0.3) is 0 Å². The molecule has 0 aromatic carbocycles.